The first kappa shape index (κ1) is 13.9. The van der Waals surface area contributed by atoms with Crippen molar-refractivity contribution in [2.45, 2.75) is 25.3 Å². The van der Waals surface area contributed by atoms with Crippen LogP contribution < -0.4 is 4.72 Å². The van der Waals surface area contributed by atoms with Gasteiger partial charge >= 0.3 is 0 Å². The second-order valence-corrected chi connectivity index (χ2v) is 6.55. The van der Waals surface area contributed by atoms with Gasteiger partial charge in [0, 0.05) is 0 Å². The Balaban J connectivity index is 2.04. The van der Waals surface area contributed by atoms with E-state index in [9.17, 15) is 8.42 Å². The molecule has 8 nitrogen and oxygen atoms in total. The Kier molecular flexibility index (Phi) is 3.33. The summed E-state index contributed by atoms with van der Waals surface area (Å²) in [6, 6.07) is 3.23. The number of benzene rings is 1. The van der Waals surface area contributed by atoms with Gasteiger partial charge in [0.1, 0.15) is 15.9 Å². The van der Waals surface area contributed by atoms with E-state index in [0.29, 0.717) is 17.6 Å². The lowest BCUT2D eigenvalue weighted by Crippen LogP contribution is -2.14. The van der Waals surface area contributed by atoms with Crippen LogP contribution >= 0.6 is 11.7 Å². The lowest BCUT2D eigenvalue weighted by molar-refractivity contribution is 0.570. The normalized spacial score (nSPS) is 11.9. The molecule has 0 saturated carbocycles. The summed E-state index contributed by atoms with van der Waals surface area (Å²) in [6.45, 7) is 4.29. The van der Waals surface area contributed by atoms with Crippen molar-refractivity contribution < 1.29 is 8.42 Å². The molecule has 110 valence electrons. The molecular weight excluding hydrogens is 312 g/mol. The first-order chi connectivity index (χ1) is 10.0. The van der Waals surface area contributed by atoms with Crippen LogP contribution in [-0.4, -0.2) is 32.2 Å². The molecule has 3 aromatic rings. The SMILES string of the molecule is CCn1ncc(NS(=O)(=O)c2ccc(C)c3nsnc23)n1. The molecule has 0 spiro atoms. The zero-order valence-corrected chi connectivity index (χ0v) is 12.9. The Morgan fingerprint density at radius 2 is 2.05 bits per heavy atom. The average Bonchev–Trinajstić information content (AvgIpc) is 3.07. The maximum Gasteiger partial charge on any atom is 0.265 e. The highest BCUT2D eigenvalue weighted by Crippen LogP contribution is 2.25. The number of hydrogen-bond donors (Lipinski definition) is 1. The highest BCUT2D eigenvalue weighted by molar-refractivity contribution is 7.93. The second kappa shape index (κ2) is 5.04. The molecule has 0 aliphatic rings. The molecule has 21 heavy (non-hydrogen) atoms. The van der Waals surface area contributed by atoms with E-state index in [2.05, 4.69) is 23.7 Å². The Morgan fingerprint density at radius 3 is 2.76 bits per heavy atom. The summed E-state index contributed by atoms with van der Waals surface area (Å²) in [5.41, 5.74) is 1.85. The highest BCUT2D eigenvalue weighted by atomic mass is 32.2. The molecule has 2 aromatic heterocycles. The number of aromatic nitrogens is 5. The summed E-state index contributed by atoms with van der Waals surface area (Å²) in [4.78, 5) is 1.48. The van der Waals surface area contributed by atoms with Crippen molar-refractivity contribution in [3.8, 4) is 0 Å². The van der Waals surface area contributed by atoms with E-state index < -0.39 is 10.0 Å². The van der Waals surface area contributed by atoms with Gasteiger partial charge in [0.15, 0.2) is 5.82 Å². The third-order valence-electron chi connectivity index (χ3n) is 2.93. The van der Waals surface area contributed by atoms with Gasteiger partial charge in [-0.2, -0.15) is 18.6 Å². The van der Waals surface area contributed by atoms with Crippen molar-refractivity contribution in [2.75, 3.05) is 4.72 Å². The first-order valence-electron chi connectivity index (χ1n) is 6.16. The third kappa shape index (κ3) is 2.47. The molecule has 1 aromatic carbocycles. The molecule has 1 N–H and O–H groups in total. The molecule has 0 saturated heterocycles. The van der Waals surface area contributed by atoms with E-state index in [-0.39, 0.29) is 10.7 Å². The minimum absolute atomic E-state index is 0.0860. The van der Waals surface area contributed by atoms with Crippen LogP contribution in [0.5, 0.6) is 0 Å². The Labute approximate surface area is 125 Å². The summed E-state index contributed by atoms with van der Waals surface area (Å²) in [5.74, 6) is 0.175. The van der Waals surface area contributed by atoms with Crippen LogP contribution in [-0.2, 0) is 16.6 Å². The van der Waals surface area contributed by atoms with E-state index >= 15 is 0 Å². The van der Waals surface area contributed by atoms with Crippen molar-refractivity contribution >= 4 is 38.6 Å². The lowest BCUT2D eigenvalue weighted by Gasteiger charge is -2.06. The molecule has 0 aliphatic carbocycles. The average molecular weight is 324 g/mol. The van der Waals surface area contributed by atoms with Crippen LogP contribution in [0, 0.1) is 6.92 Å². The third-order valence-corrected chi connectivity index (χ3v) is 4.84. The number of aryl methyl sites for hydroxylation is 2. The number of fused-ring (bicyclic) bond motifs is 1. The Bertz CT molecular complexity index is 898. The minimum Gasteiger partial charge on any atom is -0.260 e. The van der Waals surface area contributed by atoms with Crippen molar-refractivity contribution in [1.29, 1.82) is 0 Å². The summed E-state index contributed by atoms with van der Waals surface area (Å²) in [5, 5.41) is 7.94. The maximum atomic E-state index is 12.5. The minimum atomic E-state index is -3.78. The molecule has 0 aliphatic heterocycles. The van der Waals surface area contributed by atoms with Gasteiger partial charge in [-0.3, -0.25) is 4.72 Å². The van der Waals surface area contributed by atoms with E-state index in [1.807, 2.05) is 13.8 Å². The van der Waals surface area contributed by atoms with Gasteiger partial charge in [-0.1, -0.05) is 6.07 Å². The number of rotatable bonds is 4. The fraction of sp³-hybridized carbons (Fsp3) is 0.273. The van der Waals surface area contributed by atoms with Gasteiger partial charge in [0.2, 0.25) is 0 Å². The predicted molar refractivity (Wildman–Crippen MR) is 78.7 cm³/mol. The molecule has 0 amide bonds. The fourth-order valence-electron chi connectivity index (χ4n) is 1.87. The standard InChI is InChI=1S/C11H12N6O2S2/c1-3-17-12-6-9(13-17)16-21(18,19)8-5-4-7(2)10-11(8)15-20-14-10/h4-6H,3H2,1-2H3,(H,13,16). The monoisotopic (exact) mass is 324 g/mol. The maximum absolute atomic E-state index is 12.5. The molecule has 0 fully saturated rings. The van der Waals surface area contributed by atoms with Crippen molar-refractivity contribution in [1.82, 2.24) is 23.7 Å². The van der Waals surface area contributed by atoms with Gasteiger partial charge in [-0.05, 0) is 25.5 Å². The number of anilines is 1. The summed E-state index contributed by atoms with van der Waals surface area (Å²) >= 11 is 0.987. The summed E-state index contributed by atoms with van der Waals surface area (Å²) in [7, 11) is -3.78. The second-order valence-electron chi connectivity index (χ2n) is 4.37. The van der Waals surface area contributed by atoms with Crippen molar-refractivity contribution in [2.24, 2.45) is 0 Å². The number of nitrogens with zero attached hydrogens (tertiary/aromatic N) is 5. The zero-order chi connectivity index (χ0) is 15.0. The first-order valence-corrected chi connectivity index (χ1v) is 8.37. The lowest BCUT2D eigenvalue weighted by atomic mass is 10.2. The van der Waals surface area contributed by atoms with Crippen molar-refractivity contribution in [3.05, 3.63) is 23.9 Å². The highest BCUT2D eigenvalue weighted by Gasteiger charge is 2.21. The van der Waals surface area contributed by atoms with E-state index in [0.717, 1.165) is 17.3 Å². The van der Waals surface area contributed by atoms with Gasteiger partial charge in [-0.25, -0.2) is 8.42 Å². The van der Waals surface area contributed by atoms with Crippen molar-refractivity contribution in [3.63, 3.8) is 0 Å². The smallest absolute Gasteiger partial charge is 0.260 e. The zero-order valence-electron chi connectivity index (χ0n) is 11.3. The van der Waals surface area contributed by atoms with Gasteiger partial charge in [0.05, 0.1) is 24.5 Å². The Morgan fingerprint density at radius 1 is 1.29 bits per heavy atom. The Hall–Kier alpha value is -2.07. The molecule has 10 heteroatoms. The van der Waals surface area contributed by atoms with Crippen LogP contribution in [0.25, 0.3) is 11.0 Å². The van der Waals surface area contributed by atoms with Crippen LogP contribution in [0.1, 0.15) is 12.5 Å². The molecule has 2 heterocycles. The van der Waals surface area contributed by atoms with E-state index in [4.69, 9.17) is 0 Å². The van der Waals surface area contributed by atoms with E-state index in [1.165, 1.54) is 17.1 Å². The molecular formula is C11H12N6O2S2. The van der Waals surface area contributed by atoms with Crippen LogP contribution in [0.3, 0.4) is 0 Å². The molecule has 3 rings (SSSR count). The van der Waals surface area contributed by atoms with Crippen LogP contribution in [0.2, 0.25) is 0 Å². The van der Waals surface area contributed by atoms with E-state index in [1.54, 1.807) is 6.07 Å². The van der Waals surface area contributed by atoms with Crippen LogP contribution in [0.15, 0.2) is 23.2 Å². The summed E-state index contributed by atoms with van der Waals surface area (Å²) < 4.78 is 35.5. The predicted octanol–water partition coefficient (Wildman–Crippen LogP) is 1.41. The molecule has 0 atom stereocenters. The van der Waals surface area contributed by atoms with Crippen LogP contribution in [0.4, 0.5) is 5.82 Å². The summed E-state index contributed by atoms with van der Waals surface area (Å²) in [6.07, 6.45) is 1.37. The van der Waals surface area contributed by atoms with Gasteiger partial charge < -0.3 is 0 Å². The number of sulfonamides is 1. The quantitative estimate of drug-likeness (QED) is 0.778. The number of hydrogen-bond acceptors (Lipinski definition) is 7. The molecule has 0 bridgehead atoms. The largest absolute Gasteiger partial charge is 0.265 e. The van der Waals surface area contributed by atoms with Gasteiger partial charge in [-0.15, -0.1) is 5.10 Å². The fourth-order valence-corrected chi connectivity index (χ4v) is 3.67. The van der Waals surface area contributed by atoms with Gasteiger partial charge in [0.25, 0.3) is 10.0 Å². The number of nitrogens with one attached hydrogen (secondary N) is 1. The topological polar surface area (TPSA) is 103 Å². The molecule has 0 unspecified atom stereocenters. The molecule has 0 radical (unpaired) electrons.